The van der Waals surface area contributed by atoms with Crippen LogP contribution in [0.15, 0.2) is 0 Å². The molecule has 6 nitrogen and oxygen atoms in total. The Labute approximate surface area is 109 Å². The third kappa shape index (κ3) is 3.40. The smallest absolute Gasteiger partial charge is 0.115 e. The van der Waals surface area contributed by atoms with Gasteiger partial charge in [-0.15, -0.1) is 0 Å². The molecule has 0 aromatic carbocycles. The first-order valence-electron chi connectivity index (χ1n) is 6.26. The third-order valence-electron chi connectivity index (χ3n) is 3.36. The molecule has 1 fully saturated rings. The lowest BCUT2D eigenvalue weighted by atomic mass is 9.94. The van der Waals surface area contributed by atoms with Crippen molar-refractivity contribution in [2.45, 2.75) is 30.5 Å². The number of ether oxygens (including phenoxy) is 4. The van der Waals surface area contributed by atoms with Crippen LogP contribution < -0.4 is 10.6 Å². The molecule has 1 heterocycles. The van der Waals surface area contributed by atoms with Gasteiger partial charge in [0.2, 0.25) is 0 Å². The molecule has 18 heavy (non-hydrogen) atoms. The Bertz CT molecular complexity index is 210. The summed E-state index contributed by atoms with van der Waals surface area (Å²) in [4.78, 5) is 0. The van der Waals surface area contributed by atoms with E-state index in [-0.39, 0.29) is 30.5 Å². The van der Waals surface area contributed by atoms with E-state index in [2.05, 4.69) is 10.6 Å². The molecule has 108 valence electrons. The quantitative estimate of drug-likeness (QED) is 0.629. The summed E-state index contributed by atoms with van der Waals surface area (Å²) < 4.78 is 22.7. The molecular weight excluding hydrogens is 236 g/mol. The molecule has 1 rings (SSSR count). The predicted octanol–water partition coefficient (Wildman–Crippen LogP) is -0.762. The van der Waals surface area contributed by atoms with Gasteiger partial charge in [0.05, 0.1) is 12.2 Å². The van der Waals surface area contributed by atoms with Gasteiger partial charge >= 0.3 is 0 Å². The van der Waals surface area contributed by atoms with Crippen molar-refractivity contribution in [3.8, 4) is 0 Å². The number of methoxy groups -OCH3 is 3. The molecule has 6 heteroatoms. The molecule has 0 spiro atoms. The molecule has 1 saturated heterocycles. The van der Waals surface area contributed by atoms with Gasteiger partial charge in [0.15, 0.2) is 0 Å². The monoisotopic (exact) mass is 262 g/mol. The zero-order chi connectivity index (χ0) is 13.5. The van der Waals surface area contributed by atoms with Crippen molar-refractivity contribution < 1.29 is 18.9 Å². The lowest BCUT2D eigenvalue weighted by Crippen LogP contribution is -2.63. The van der Waals surface area contributed by atoms with Crippen molar-refractivity contribution in [3.63, 3.8) is 0 Å². The van der Waals surface area contributed by atoms with Crippen molar-refractivity contribution in [1.29, 1.82) is 0 Å². The summed E-state index contributed by atoms with van der Waals surface area (Å²) in [5, 5.41) is 6.24. The predicted molar refractivity (Wildman–Crippen MR) is 68.9 cm³/mol. The first-order chi connectivity index (χ1) is 8.73. The van der Waals surface area contributed by atoms with Crippen molar-refractivity contribution in [3.05, 3.63) is 0 Å². The molecular formula is C12H26N2O4. The average molecular weight is 262 g/mol. The molecule has 4 atom stereocenters. The highest BCUT2D eigenvalue weighted by Crippen LogP contribution is 2.26. The standard InChI is InChI=1S/C12H26N2O4/c1-13-6-8-10(15-3)12(17-5)11(16-4)9(18-8)7-14-2/h8-14H,6-7H2,1-5H3. The van der Waals surface area contributed by atoms with Crippen LogP contribution in [0.3, 0.4) is 0 Å². The van der Waals surface area contributed by atoms with Gasteiger partial charge in [0.25, 0.3) is 0 Å². The van der Waals surface area contributed by atoms with Crippen LogP contribution in [-0.4, -0.2) is 79.0 Å². The van der Waals surface area contributed by atoms with Crippen LogP contribution in [0.2, 0.25) is 0 Å². The van der Waals surface area contributed by atoms with Crippen molar-refractivity contribution in [1.82, 2.24) is 10.6 Å². The maximum absolute atomic E-state index is 6.05. The molecule has 1 aliphatic heterocycles. The van der Waals surface area contributed by atoms with Crippen LogP contribution in [0.25, 0.3) is 0 Å². The Hall–Kier alpha value is -0.240. The largest absolute Gasteiger partial charge is 0.376 e. The fourth-order valence-corrected chi connectivity index (χ4v) is 2.56. The van der Waals surface area contributed by atoms with E-state index in [9.17, 15) is 0 Å². The van der Waals surface area contributed by atoms with Crippen molar-refractivity contribution in [2.75, 3.05) is 48.5 Å². The van der Waals surface area contributed by atoms with E-state index in [1.165, 1.54) is 0 Å². The van der Waals surface area contributed by atoms with E-state index < -0.39 is 0 Å². The zero-order valence-electron chi connectivity index (χ0n) is 11.9. The van der Waals surface area contributed by atoms with Gasteiger partial charge in [0.1, 0.15) is 18.3 Å². The van der Waals surface area contributed by atoms with Crippen LogP contribution >= 0.6 is 0 Å². The van der Waals surface area contributed by atoms with Crippen LogP contribution in [0, 0.1) is 0 Å². The second-order valence-electron chi connectivity index (χ2n) is 4.43. The summed E-state index contributed by atoms with van der Waals surface area (Å²) in [6, 6.07) is 0. The second kappa shape index (κ2) is 8.04. The van der Waals surface area contributed by atoms with Crippen LogP contribution in [0.4, 0.5) is 0 Å². The van der Waals surface area contributed by atoms with Crippen molar-refractivity contribution >= 4 is 0 Å². The summed E-state index contributed by atoms with van der Waals surface area (Å²) >= 11 is 0. The number of hydrogen-bond acceptors (Lipinski definition) is 6. The summed E-state index contributed by atoms with van der Waals surface area (Å²) in [7, 11) is 8.82. The summed E-state index contributed by atoms with van der Waals surface area (Å²) in [6.45, 7) is 1.43. The van der Waals surface area contributed by atoms with E-state index in [1.807, 2.05) is 14.1 Å². The van der Waals surface area contributed by atoms with Gasteiger partial charge in [-0.05, 0) is 14.1 Å². The summed E-state index contributed by atoms with van der Waals surface area (Å²) in [5.41, 5.74) is 0. The van der Waals surface area contributed by atoms with Crippen molar-refractivity contribution in [2.24, 2.45) is 0 Å². The molecule has 1 aliphatic rings. The molecule has 0 amide bonds. The molecule has 0 aromatic rings. The minimum Gasteiger partial charge on any atom is -0.376 e. The highest BCUT2D eigenvalue weighted by Gasteiger charge is 2.46. The SMILES string of the molecule is CNCC1OC(CNC)C(OC)C(OC)C1OC. The van der Waals surface area contributed by atoms with Crippen LogP contribution in [0.1, 0.15) is 0 Å². The Morgan fingerprint density at radius 1 is 0.778 bits per heavy atom. The highest BCUT2D eigenvalue weighted by atomic mass is 16.6. The molecule has 0 saturated carbocycles. The minimum atomic E-state index is -0.138. The number of rotatable bonds is 7. The molecule has 0 radical (unpaired) electrons. The summed E-state index contributed by atoms with van der Waals surface area (Å²) in [5.74, 6) is 0. The fraction of sp³-hybridized carbons (Fsp3) is 1.00. The molecule has 0 aliphatic carbocycles. The van der Waals surface area contributed by atoms with E-state index in [1.54, 1.807) is 21.3 Å². The fourth-order valence-electron chi connectivity index (χ4n) is 2.56. The molecule has 0 bridgehead atoms. The molecule has 2 N–H and O–H groups in total. The van der Waals surface area contributed by atoms with E-state index in [0.29, 0.717) is 0 Å². The Morgan fingerprint density at radius 2 is 1.17 bits per heavy atom. The first kappa shape index (κ1) is 15.8. The summed E-state index contributed by atoms with van der Waals surface area (Å²) in [6.07, 6.45) is -0.504. The lowest BCUT2D eigenvalue weighted by molar-refractivity contribution is -0.238. The number of likely N-dealkylation sites (N-methyl/N-ethyl adjacent to an activating group) is 2. The highest BCUT2D eigenvalue weighted by molar-refractivity contribution is 4.96. The minimum absolute atomic E-state index is 0.0466. The Balaban J connectivity index is 2.84. The van der Waals surface area contributed by atoms with Crippen LogP contribution in [0.5, 0.6) is 0 Å². The first-order valence-corrected chi connectivity index (χ1v) is 6.26. The van der Waals surface area contributed by atoms with Gasteiger partial charge in [-0.2, -0.15) is 0 Å². The normalized spacial score (nSPS) is 36.8. The van der Waals surface area contributed by atoms with Gasteiger partial charge in [0, 0.05) is 34.4 Å². The Morgan fingerprint density at radius 3 is 1.44 bits per heavy atom. The van der Waals surface area contributed by atoms with Gasteiger partial charge in [-0.3, -0.25) is 0 Å². The number of hydrogen-bond donors (Lipinski definition) is 2. The van der Waals surface area contributed by atoms with Crippen LogP contribution in [-0.2, 0) is 18.9 Å². The molecule has 0 aromatic heterocycles. The Kier molecular flexibility index (Phi) is 7.06. The van der Waals surface area contributed by atoms with E-state index in [0.717, 1.165) is 13.1 Å². The maximum atomic E-state index is 6.05. The number of nitrogens with one attached hydrogen (secondary N) is 2. The van der Waals surface area contributed by atoms with E-state index >= 15 is 0 Å². The third-order valence-corrected chi connectivity index (χ3v) is 3.36. The average Bonchev–Trinajstić information content (AvgIpc) is 2.38. The molecule has 4 unspecified atom stereocenters. The maximum Gasteiger partial charge on any atom is 0.115 e. The van der Waals surface area contributed by atoms with Gasteiger partial charge in [-0.25, -0.2) is 0 Å². The zero-order valence-corrected chi connectivity index (χ0v) is 11.9. The lowest BCUT2D eigenvalue weighted by Gasteiger charge is -2.45. The topological polar surface area (TPSA) is 61.0 Å². The second-order valence-corrected chi connectivity index (χ2v) is 4.43. The van der Waals surface area contributed by atoms with E-state index in [4.69, 9.17) is 18.9 Å². The van der Waals surface area contributed by atoms with Gasteiger partial charge in [-0.1, -0.05) is 0 Å². The van der Waals surface area contributed by atoms with Gasteiger partial charge < -0.3 is 29.6 Å².